The average Bonchev–Trinajstić information content (AvgIpc) is 2.73. The van der Waals surface area contributed by atoms with Crippen molar-refractivity contribution in [2.24, 2.45) is 0 Å². The highest BCUT2D eigenvalue weighted by Gasteiger charge is 2.42. The van der Waals surface area contributed by atoms with E-state index < -0.39 is 23.2 Å². The minimum Gasteiger partial charge on any atom is -0.458 e. The van der Waals surface area contributed by atoms with Gasteiger partial charge in [-0.2, -0.15) is 0 Å². The van der Waals surface area contributed by atoms with Crippen LogP contribution in [0.1, 0.15) is 6.92 Å². The van der Waals surface area contributed by atoms with E-state index in [1.807, 2.05) is 91.0 Å². The third-order valence-electron chi connectivity index (χ3n) is 4.38. The van der Waals surface area contributed by atoms with Crippen molar-refractivity contribution in [3.63, 3.8) is 0 Å². The van der Waals surface area contributed by atoms with E-state index in [0.29, 0.717) is 0 Å². The molecule has 0 fully saturated rings. The molecule has 0 spiro atoms. The molecule has 0 atom stereocenters. The van der Waals surface area contributed by atoms with Crippen LogP contribution in [0.2, 0.25) is 0 Å². The molecule has 142 valence electrons. The maximum absolute atomic E-state index is 12.9. The minimum atomic E-state index is -3.06. The summed E-state index contributed by atoms with van der Waals surface area (Å²) in [5.41, 5.74) is -0.419. The Hall–Kier alpha value is -3.17. The average molecular weight is 393 g/mol. The van der Waals surface area contributed by atoms with E-state index in [1.165, 1.54) is 0 Å². The summed E-state index contributed by atoms with van der Waals surface area (Å²) in [6, 6.07) is 27.6. The Morgan fingerprint density at radius 3 is 1.46 bits per heavy atom. The molecule has 0 aliphatic rings. The van der Waals surface area contributed by atoms with E-state index in [-0.39, 0.29) is 6.61 Å². The quantitative estimate of drug-likeness (QED) is 0.279. The fourth-order valence-electron chi connectivity index (χ4n) is 3.30. The zero-order chi connectivity index (χ0) is 20.0. The minimum absolute atomic E-state index is 0.0640. The van der Waals surface area contributed by atoms with Crippen molar-refractivity contribution in [3.05, 3.63) is 101 Å². The molecule has 0 heterocycles. The van der Waals surface area contributed by atoms with Crippen LogP contribution in [-0.2, 0) is 9.53 Å². The molecule has 28 heavy (non-hydrogen) atoms. The molecule has 0 saturated heterocycles. The molecule has 0 N–H and O–H groups in total. The molecule has 6 heteroatoms. The van der Waals surface area contributed by atoms with Gasteiger partial charge in [0.2, 0.25) is 0 Å². The molecule has 0 amide bonds. The fraction of sp³-hybridized carbons (Fsp3) is 0.0909. The van der Waals surface area contributed by atoms with Gasteiger partial charge in [-0.25, -0.2) is 4.79 Å². The van der Waals surface area contributed by atoms with E-state index in [1.54, 1.807) is 6.92 Å². The highest BCUT2D eigenvalue weighted by molar-refractivity contribution is 7.96. The number of carbonyl (C=O) groups excluding carboxylic acids is 1. The van der Waals surface area contributed by atoms with Gasteiger partial charge in [0, 0.05) is 0 Å². The molecular weight excluding hydrogens is 373 g/mol. The lowest BCUT2D eigenvalue weighted by molar-refractivity contribution is -0.346. The number of hydrogen-bond acceptors (Lipinski definition) is 4. The fourth-order valence-corrected chi connectivity index (χ4v) is 7.37. The Labute approximate surface area is 163 Å². The Morgan fingerprint density at radius 2 is 1.18 bits per heavy atom. The van der Waals surface area contributed by atoms with Crippen LogP contribution in [0.25, 0.3) is 0 Å². The molecular formula is C22H20NO4P. The van der Waals surface area contributed by atoms with Crippen LogP contribution >= 0.6 is 6.89 Å². The second kappa shape index (κ2) is 8.68. The van der Waals surface area contributed by atoms with Crippen molar-refractivity contribution in [2.75, 3.05) is 6.61 Å². The van der Waals surface area contributed by atoms with Gasteiger partial charge in [-0.3, -0.25) is 10.1 Å². The van der Waals surface area contributed by atoms with Crippen LogP contribution in [0, 0.1) is 10.1 Å². The van der Waals surface area contributed by atoms with Crippen LogP contribution in [0.15, 0.2) is 91.0 Å². The Bertz CT molecular complexity index is 915. The molecule has 5 nitrogen and oxygen atoms in total. The number of nitrogens with zero attached hydrogens (tertiary/aromatic N) is 1. The SMILES string of the molecule is CCOC(=O)C([N+](=O)[O-])=P(c1ccccc1)(c1ccccc1)c1ccccc1. The first-order chi connectivity index (χ1) is 13.6. The van der Waals surface area contributed by atoms with Gasteiger partial charge >= 0.3 is 11.4 Å². The Balaban J connectivity index is 2.60. The highest BCUT2D eigenvalue weighted by atomic mass is 31.2. The number of carbonyl (C=O) groups is 1. The molecule has 0 aliphatic carbocycles. The molecule has 0 radical (unpaired) electrons. The van der Waals surface area contributed by atoms with Gasteiger partial charge in [0.15, 0.2) is 0 Å². The van der Waals surface area contributed by atoms with Crippen molar-refractivity contribution in [3.8, 4) is 0 Å². The highest BCUT2D eigenvalue weighted by Crippen LogP contribution is 2.46. The van der Waals surface area contributed by atoms with Crippen molar-refractivity contribution in [1.29, 1.82) is 0 Å². The smallest absolute Gasteiger partial charge is 0.410 e. The summed E-state index contributed by atoms with van der Waals surface area (Å²) in [4.78, 5) is 24.6. The van der Waals surface area contributed by atoms with Gasteiger partial charge < -0.3 is 4.74 Å². The molecule has 0 unspecified atom stereocenters. The monoisotopic (exact) mass is 393 g/mol. The maximum Gasteiger partial charge on any atom is 0.410 e. The first kappa shape index (κ1) is 19.6. The second-order valence-corrected chi connectivity index (χ2v) is 9.29. The van der Waals surface area contributed by atoms with Gasteiger partial charge in [0.05, 0.1) is 18.4 Å². The number of ether oxygens (including phenoxy) is 1. The van der Waals surface area contributed by atoms with Crippen molar-refractivity contribution < 1.29 is 14.5 Å². The zero-order valence-electron chi connectivity index (χ0n) is 15.4. The Morgan fingerprint density at radius 1 is 0.821 bits per heavy atom. The third kappa shape index (κ3) is 3.49. The van der Waals surface area contributed by atoms with Crippen molar-refractivity contribution in [1.82, 2.24) is 0 Å². The first-order valence-electron chi connectivity index (χ1n) is 8.87. The number of benzene rings is 3. The summed E-state index contributed by atoms with van der Waals surface area (Å²) in [5, 5.41) is 14.5. The summed E-state index contributed by atoms with van der Waals surface area (Å²) in [6.45, 7) is -1.36. The molecule has 0 bridgehead atoms. The maximum atomic E-state index is 12.9. The normalized spacial score (nSPS) is 10.9. The number of nitro groups is 1. The number of hydrogen-bond donors (Lipinski definition) is 0. The van der Waals surface area contributed by atoms with Crippen LogP contribution < -0.4 is 15.9 Å². The summed E-state index contributed by atoms with van der Waals surface area (Å²) >= 11 is 0. The van der Waals surface area contributed by atoms with Crippen molar-refractivity contribution >= 4 is 34.2 Å². The van der Waals surface area contributed by atoms with Gasteiger partial charge in [0.25, 0.3) is 0 Å². The summed E-state index contributed by atoms with van der Waals surface area (Å²) in [6.07, 6.45) is 0. The summed E-state index contributed by atoms with van der Waals surface area (Å²) in [5.74, 6) is -0.891. The summed E-state index contributed by atoms with van der Waals surface area (Å²) in [7, 11) is 0. The molecule has 0 aromatic heterocycles. The van der Waals surface area contributed by atoms with Gasteiger partial charge in [-0.05, 0) is 22.8 Å². The lowest BCUT2D eigenvalue weighted by Gasteiger charge is -2.27. The third-order valence-corrected chi connectivity index (χ3v) is 8.58. The molecule has 0 saturated carbocycles. The van der Waals surface area contributed by atoms with Crippen molar-refractivity contribution in [2.45, 2.75) is 6.92 Å². The lowest BCUT2D eigenvalue weighted by atomic mass is 10.4. The molecule has 3 rings (SSSR count). The van der Waals surface area contributed by atoms with Crippen LogP contribution in [-0.4, -0.2) is 22.9 Å². The predicted octanol–water partition coefficient (Wildman–Crippen LogP) is 2.95. The number of esters is 1. The largest absolute Gasteiger partial charge is 0.458 e. The van der Waals surface area contributed by atoms with Gasteiger partial charge in [-0.15, -0.1) is 0 Å². The van der Waals surface area contributed by atoms with E-state index in [0.717, 1.165) is 15.9 Å². The molecule has 3 aromatic rings. The number of rotatable bonds is 6. The van der Waals surface area contributed by atoms with Crippen LogP contribution in [0.5, 0.6) is 0 Å². The van der Waals surface area contributed by atoms with Gasteiger partial charge in [-0.1, -0.05) is 91.0 Å². The Kier molecular flexibility index (Phi) is 6.07. The topological polar surface area (TPSA) is 69.4 Å². The van der Waals surface area contributed by atoms with E-state index in [4.69, 9.17) is 4.74 Å². The van der Waals surface area contributed by atoms with E-state index >= 15 is 0 Å². The lowest BCUT2D eigenvalue weighted by Crippen LogP contribution is -2.38. The summed E-state index contributed by atoms with van der Waals surface area (Å²) < 4.78 is 5.15. The zero-order valence-corrected chi connectivity index (χ0v) is 16.3. The first-order valence-corrected chi connectivity index (χ1v) is 10.7. The molecule has 0 aliphatic heterocycles. The van der Waals surface area contributed by atoms with Crippen LogP contribution in [0.3, 0.4) is 0 Å². The molecule has 3 aromatic carbocycles. The standard InChI is InChI=1S/C22H20NO4P/c1-2-27-22(24)21(23(25)26)28(18-12-6-3-7-13-18,19-14-8-4-9-15-19)20-16-10-5-11-17-20/h3-17H,2H2,1H3. The van der Waals surface area contributed by atoms with E-state index in [2.05, 4.69) is 0 Å². The predicted molar refractivity (Wildman–Crippen MR) is 114 cm³/mol. The second-order valence-electron chi connectivity index (χ2n) is 5.98. The van der Waals surface area contributed by atoms with Gasteiger partial charge in [0.1, 0.15) is 0 Å². The van der Waals surface area contributed by atoms with E-state index in [9.17, 15) is 14.9 Å². The van der Waals surface area contributed by atoms with Crippen LogP contribution in [0.4, 0.5) is 0 Å².